The zero-order valence-corrected chi connectivity index (χ0v) is 9.78. The van der Waals surface area contributed by atoms with Crippen LogP contribution in [0.5, 0.6) is 0 Å². The second-order valence-electron chi connectivity index (χ2n) is 2.25. The van der Waals surface area contributed by atoms with E-state index < -0.39 is 0 Å². The summed E-state index contributed by atoms with van der Waals surface area (Å²) in [5.41, 5.74) is 0. The third-order valence-electron chi connectivity index (χ3n) is 1.34. The van der Waals surface area contributed by atoms with Crippen molar-refractivity contribution in [2.75, 3.05) is 0 Å². The number of hydrogen-bond acceptors (Lipinski definition) is 0. The third-order valence-corrected chi connectivity index (χ3v) is 2.17. The van der Waals surface area contributed by atoms with Gasteiger partial charge in [0.1, 0.15) is 0 Å². The van der Waals surface area contributed by atoms with Gasteiger partial charge in [-0.25, -0.2) is 0 Å². The molecule has 10 heavy (non-hydrogen) atoms. The van der Waals surface area contributed by atoms with Crippen molar-refractivity contribution in [3.05, 3.63) is 12.7 Å². The normalized spacial score (nSPS) is 11.8. The van der Waals surface area contributed by atoms with E-state index >= 15 is 0 Å². The van der Waals surface area contributed by atoms with Crippen molar-refractivity contribution in [3.63, 3.8) is 0 Å². The van der Waals surface area contributed by atoms with Crippen LogP contribution in [-0.4, -0.2) is 4.83 Å². The van der Waals surface area contributed by atoms with Crippen molar-refractivity contribution in [1.82, 2.24) is 0 Å². The molecule has 0 aromatic rings. The molecule has 0 radical (unpaired) electrons. The van der Waals surface area contributed by atoms with E-state index in [1.807, 2.05) is 6.08 Å². The lowest BCUT2D eigenvalue weighted by atomic mass is 10.1. The van der Waals surface area contributed by atoms with Gasteiger partial charge < -0.3 is 0 Å². The smallest absolute Gasteiger partial charge is 0.0322 e. The summed E-state index contributed by atoms with van der Waals surface area (Å²) in [7, 11) is 0. The molecular formula is C8H18BrP. The number of rotatable bonds is 5. The molecule has 2 heteroatoms. The van der Waals surface area contributed by atoms with Crippen LogP contribution in [0.3, 0.4) is 0 Å². The Balaban J connectivity index is 0. The minimum absolute atomic E-state index is 0. The van der Waals surface area contributed by atoms with E-state index in [1.54, 1.807) is 0 Å². The summed E-state index contributed by atoms with van der Waals surface area (Å²) in [4.78, 5) is 0.532. The Morgan fingerprint density at radius 3 is 2.50 bits per heavy atom. The van der Waals surface area contributed by atoms with E-state index in [2.05, 4.69) is 29.4 Å². The molecule has 2 atom stereocenters. The lowest BCUT2D eigenvalue weighted by molar-refractivity contribution is 0.684. The van der Waals surface area contributed by atoms with Gasteiger partial charge in [-0.05, 0) is 6.42 Å². The molecule has 0 heterocycles. The van der Waals surface area contributed by atoms with E-state index in [-0.39, 0.29) is 9.90 Å². The SMILES string of the molecule is C=CC(Br)CCCCC.P. The van der Waals surface area contributed by atoms with Gasteiger partial charge in [0.15, 0.2) is 0 Å². The first-order chi connectivity index (χ1) is 4.31. The fourth-order valence-electron chi connectivity index (χ4n) is 0.707. The molecule has 0 rings (SSSR count). The molecule has 0 aromatic carbocycles. The van der Waals surface area contributed by atoms with Crippen molar-refractivity contribution in [3.8, 4) is 0 Å². The van der Waals surface area contributed by atoms with Crippen LogP contribution in [0, 0.1) is 0 Å². The number of halogens is 1. The van der Waals surface area contributed by atoms with Crippen LogP contribution < -0.4 is 0 Å². The van der Waals surface area contributed by atoms with Crippen LogP contribution in [0.4, 0.5) is 0 Å². The summed E-state index contributed by atoms with van der Waals surface area (Å²) in [6, 6.07) is 0. The summed E-state index contributed by atoms with van der Waals surface area (Å²) < 4.78 is 0. The van der Waals surface area contributed by atoms with E-state index in [0.717, 1.165) is 0 Å². The van der Waals surface area contributed by atoms with Gasteiger partial charge in [-0.2, -0.15) is 9.90 Å². The molecule has 0 fully saturated rings. The standard InChI is InChI=1S/C8H15Br.H3P/c1-3-5-6-7-8(9)4-2;/h4,8H,2-3,5-7H2,1H3;1H3. The summed E-state index contributed by atoms with van der Waals surface area (Å²) in [5, 5.41) is 0. The Bertz CT molecular complexity index is 73.7. The van der Waals surface area contributed by atoms with Crippen LogP contribution in [0.2, 0.25) is 0 Å². The van der Waals surface area contributed by atoms with Gasteiger partial charge in [0, 0.05) is 4.83 Å². The van der Waals surface area contributed by atoms with E-state index in [1.165, 1.54) is 25.7 Å². The highest BCUT2D eigenvalue weighted by molar-refractivity contribution is 9.09. The van der Waals surface area contributed by atoms with Crippen LogP contribution in [-0.2, 0) is 0 Å². The highest BCUT2D eigenvalue weighted by Gasteiger charge is 1.95. The lowest BCUT2D eigenvalue weighted by Crippen LogP contribution is -1.90. The largest absolute Gasteiger partial charge is 0.153 e. The molecule has 0 amide bonds. The van der Waals surface area contributed by atoms with Gasteiger partial charge in [-0.1, -0.05) is 48.2 Å². The summed E-state index contributed by atoms with van der Waals surface area (Å²) >= 11 is 3.49. The Hall–Kier alpha value is 0.650. The van der Waals surface area contributed by atoms with Gasteiger partial charge in [-0.15, -0.1) is 6.58 Å². The zero-order valence-electron chi connectivity index (χ0n) is 6.78. The number of allylic oxidation sites excluding steroid dienone is 1. The fourth-order valence-corrected chi connectivity index (χ4v) is 1.03. The molecule has 0 saturated carbocycles. The number of hydrogen-bond donors (Lipinski definition) is 0. The van der Waals surface area contributed by atoms with Crippen molar-refractivity contribution < 1.29 is 0 Å². The highest BCUT2D eigenvalue weighted by Crippen LogP contribution is 2.10. The lowest BCUT2D eigenvalue weighted by Gasteiger charge is -2.00. The topological polar surface area (TPSA) is 0 Å². The van der Waals surface area contributed by atoms with Crippen molar-refractivity contribution in [2.24, 2.45) is 0 Å². The molecule has 0 N–H and O–H groups in total. The Labute approximate surface area is 76.2 Å². The average Bonchev–Trinajstić information content (AvgIpc) is 1.89. The first-order valence-electron chi connectivity index (χ1n) is 3.58. The molecule has 0 bridgehead atoms. The maximum Gasteiger partial charge on any atom is 0.0322 e. The minimum Gasteiger partial charge on any atom is -0.153 e. The van der Waals surface area contributed by atoms with Crippen molar-refractivity contribution in [1.29, 1.82) is 0 Å². The van der Waals surface area contributed by atoms with Gasteiger partial charge >= 0.3 is 0 Å². The monoisotopic (exact) mass is 224 g/mol. The highest BCUT2D eigenvalue weighted by atomic mass is 79.9. The first kappa shape index (κ1) is 13.3. The van der Waals surface area contributed by atoms with Crippen molar-refractivity contribution >= 4 is 25.8 Å². The average molecular weight is 225 g/mol. The molecule has 0 nitrogen and oxygen atoms in total. The second-order valence-corrected chi connectivity index (χ2v) is 3.42. The maximum absolute atomic E-state index is 3.69. The number of alkyl halides is 1. The Kier molecular flexibility index (Phi) is 12.8. The van der Waals surface area contributed by atoms with Gasteiger partial charge in [0.25, 0.3) is 0 Å². The second kappa shape index (κ2) is 9.65. The van der Waals surface area contributed by atoms with Crippen LogP contribution >= 0.6 is 25.8 Å². The molecule has 62 valence electrons. The maximum atomic E-state index is 3.69. The molecule has 2 unspecified atom stereocenters. The Morgan fingerprint density at radius 2 is 2.10 bits per heavy atom. The molecule has 0 saturated heterocycles. The summed E-state index contributed by atoms with van der Waals surface area (Å²) in [6.07, 6.45) is 7.15. The summed E-state index contributed by atoms with van der Waals surface area (Å²) in [6.45, 7) is 5.91. The molecule has 0 spiro atoms. The van der Waals surface area contributed by atoms with E-state index in [4.69, 9.17) is 0 Å². The quantitative estimate of drug-likeness (QED) is 0.290. The Morgan fingerprint density at radius 1 is 1.50 bits per heavy atom. The van der Waals surface area contributed by atoms with Crippen LogP contribution in [0.1, 0.15) is 32.6 Å². The third kappa shape index (κ3) is 8.65. The first-order valence-corrected chi connectivity index (χ1v) is 4.49. The predicted molar refractivity (Wildman–Crippen MR) is 58.2 cm³/mol. The fraction of sp³-hybridized carbons (Fsp3) is 0.750. The predicted octanol–water partition coefficient (Wildman–Crippen LogP) is 3.57. The molecule has 0 aliphatic rings. The van der Waals surface area contributed by atoms with Crippen LogP contribution in [0.25, 0.3) is 0 Å². The van der Waals surface area contributed by atoms with Gasteiger partial charge in [0.2, 0.25) is 0 Å². The molecule has 0 aromatic heterocycles. The van der Waals surface area contributed by atoms with Gasteiger partial charge in [-0.3, -0.25) is 0 Å². The summed E-state index contributed by atoms with van der Waals surface area (Å²) in [5.74, 6) is 0. The minimum atomic E-state index is 0. The van der Waals surface area contributed by atoms with Crippen LogP contribution in [0.15, 0.2) is 12.7 Å². The van der Waals surface area contributed by atoms with E-state index in [0.29, 0.717) is 4.83 Å². The van der Waals surface area contributed by atoms with Crippen molar-refractivity contribution in [2.45, 2.75) is 37.4 Å². The van der Waals surface area contributed by atoms with E-state index in [9.17, 15) is 0 Å². The van der Waals surface area contributed by atoms with Gasteiger partial charge in [0.05, 0.1) is 0 Å². The molecule has 0 aliphatic carbocycles. The molecular weight excluding hydrogens is 207 g/mol. The number of unbranched alkanes of at least 4 members (excludes halogenated alkanes) is 2. The molecule has 0 aliphatic heterocycles. The zero-order chi connectivity index (χ0) is 7.11.